The van der Waals surface area contributed by atoms with E-state index in [1.54, 1.807) is 13.8 Å². The van der Waals surface area contributed by atoms with Crippen LogP contribution in [0.5, 0.6) is 0 Å². The summed E-state index contributed by atoms with van der Waals surface area (Å²) in [4.78, 5) is 13.0. The van der Waals surface area contributed by atoms with Crippen molar-refractivity contribution in [2.24, 2.45) is 0 Å². The van der Waals surface area contributed by atoms with Crippen LogP contribution in [0.25, 0.3) is 0 Å². The third-order valence-corrected chi connectivity index (χ3v) is 4.35. The van der Waals surface area contributed by atoms with Crippen molar-refractivity contribution in [1.29, 1.82) is 0 Å². The zero-order chi connectivity index (χ0) is 17.6. The van der Waals surface area contributed by atoms with Crippen LogP contribution in [0, 0.1) is 10.1 Å². The third-order valence-electron chi connectivity index (χ3n) is 4.35. The van der Waals surface area contributed by atoms with Crippen LogP contribution in [0.2, 0.25) is 0 Å². The first-order valence-electron chi connectivity index (χ1n) is 8.33. The Morgan fingerprint density at radius 1 is 1.00 bits per heavy atom. The van der Waals surface area contributed by atoms with Gasteiger partial charge in [-0.2, -0.15) is 0 Å². The molecule has 0 radical (unpaired) electrons. The second-order valence-electron chi connectivity index (χ2n) is 6.97. The van der Waals surface area contributed by atoms with E-state index in [-0.39, 0.29) is 4.92 Å². The van der Waals surface area contributed by atoms with Crippen LogP contribution in [-0.2, 0) is 0 Å². The third kappa shape index (κ3) is 4.90. The Labute approximate surface area is 144 Å². The molecule has 0 spiro atoms. The molecule has 2 aromatic carbocycles. The molecule has 0 aliphatic heterocycles. The van der Waals surface area contributed by atoms with Crippen LogP contribution in [-0.4, -0.2) is 35.5 Å². The van der Waals surface area contributed by atoms with Gasteiger partial charge in [0.05, 0.1) is 6.54 Å². The van der Waals surface area contributed by atoms with Gasteiger partial charge >= 0.3 is 0 Å². The van der Waals surface area contributed by atoms with Gasteiger partial charge in [0.2, 0.25) is 5.54 Å². The van der Waals surface area contributed by atoms with E-state index in [2.05, 4.69) is 53.4 Å². The standard InChI is InChI=1S/C20H26N2O2/c1-20(2,22(23)24)16-21(3)15-14-19(17-10-6-4-7-11-17)18-12-8-5-9-13-18/h4-13,19H,14-16H2,1-3H3. The van der Waals surface area contributed by atoms with E-state index < -0.39 is 5.54 Å². The highest BCUT2D eigenvalue weighted by Gasteiger charge is 2.32. The molecule has 0 atom stereocenters. The summed E-state index contributed by atoms with van der Waals surface area (Å²) in [5.74, 6) is 0.300. The molecule has 0 aliphatic rings. The van der Waals surface area contributed by atoms with Gasteiger partial charge in [0.1, 0.15) is 0 Å². The fourth-order valence-electron chi connectivity index (χ4n) is 3.04. The number of nitrogens with zero attached hydrogens (tertiary/aromatic N) is 2. The SMILES string of the molecule is CN(CCC(c1ccccc1)c1ccccc1)CC(C)(C)[N+](=O)[O-]. The molecular formula is C20H26N2O2. The quantitative estimate of drug-likeness (QED) is 0.539. The molecule has 0 fully saturated rings. The molecular weight excluding hydrogens is 300 g/mol. The average molecular weight is 326 g/mol. The summed E-state index contributed by atoms with van der Waals surface area (Å²) in [5, 5.41) is 11.1. The number of benzene rings is 2. The van der Waals surface area contributed by atoms with Crippen LogP contribution < -0.4 is 0 Å². The van der Waals surface area contributed by atoms with Crippen molar-refractivity contribution in [2.45, 2.75) is 31.7 Å². The first-order valence-corrected chi connectivity index (χ1v) is 8.33. The molecule has 0 heterocycles. The normalized spacial score (nSPS) is 11.9. The predicted molar refractivity (Wildman–Crippen MR) is 97.9 cm³/mol. The van der Waals surface area contributed by atoms with E-state index in [1.165, 1.54) is 11.1 Å². The lowest BCUT2D eigenvalue weighted by Crippen LogP contribution is -2.43. The molecule has 0 aromatic heterocycles. The summed E-state index contributed by atoms with van der Waals surface area (Å²) in [5.41, 5.74) is 1.64. The minimum atomic E-state index is -0.927. The molecule has 0 saturated carbocycles. The van der Waals surface area contributed by atoms with Crippen LogP contribution >= 0.6 is 0 Å². The molecule has 2 aromatic rings. The Morgan fingerprint density at radius 2 is 1.46 bits per heavy atom. The first-order chi connectivity index (χ1) is 11.4. The van der Waals surface area contributed by atoms with Gasteiger partial charge in [-0.05, 0) is 31.1 Å². The first kappa shape index (κ1) is 18.1. The maximum Gasteiger partial charge on any atom is 0.229 e. The van der Waals surface area contributed by atoms with Crippen molar-refractivity contribution in [2.75, 3.05) is 20.1 Å². The van der Waals surface area contributed by atoms with Crippen molar-refractivity contribution in [1.82, 2.24) is 4.90 Å². The van der Waals surface area contributed by atoms with E-state index >= 15 is 0 Å². The monoisotopic (exact) mass is 326 g/mol. The summed E-state index contributed by atoms with van der Waals surface area (Å²) in [6, 6.07) is 20.9. The number of nitro groups is 1. The predicted octanol–water partition coefficient (Wildman–Crippen LogP) is 4.20. The minimum absolute atomic E-state index is 0.199. The van der Waals surface area contributed by atoms with Gasteiger partial charge in [0, 0.05) is 24.7 Å². The van der Waals surface area contributed by atoms with Gasteiger partial charge in [-0.25, -0.2) is 0 Å². The summed E-state index contributed by atoms with van der Waals surface area (Å²) in [6.45, 7) is 4.60. The molecule has 0 N–H and O–H groups in total. The Hall–Kier alpha value is -2.20. The Morgan fingerprint density at radius 3 is 1.88 bits per heavy atom. The van der Waals surface area contributed by atoms with Gasteiger partial charge in [0.15, 0.2) is 0 Å². The summed E-state index contributed by atoms with van der Waals surface area (Å²) in [6.07, 6.45) is 0.929. The van der Waals surface area contributed by atoms with Gasteiger partial charge in [0.25, 0.3) is 0 Å². The minimum Gasteiger partial charge on any atom is -0.300 e. The summed E-state index contributed by atoms with van der Waals surface area (Å²) in [7, 11) is 1.96. The summed E-state index contributed by atoms with van der Waals surface area (Å²) < 4.78 is 0. The molecule has 0 amide bonds. The maximum absolute atomic E-state index is 11.1. The summed E-state index contributed by atoms with van der Waals surface area (Å²) >= 11 is 0. The lowest BCUT2D eigenvalue weighted by Gasteiger charge is -2.26. The molecule has 24 heavy (non-hydrogen) atoms. The second-order valence-corrected chi connectivity index (χ2v) is 6.97. The molecule has 0 aliphatic carbocycles. The number of likely N-dealkylation sites (N-methyl/N-ethyl adjacent to an activating group) is 1. The van der Waals surface area contributed by atoms with E-state index in [1.807, 2.05) is 19.2 Å². The lowest BCUT2D eigenvalue weighted by atomic mass is 9.88. The van der Waals surface area contributed by atoms with Crippen LogP contribution in [0.15, 0.2) is 60.7 Å². The van der Waals surface area contributed by atoms with Crippen LogP contribution in [0.3, 0.4) is 0 Å². The Balaban J connectivity index is 2.09. The van der Waals surface area contributed by atoms with Crippen LogP contribution in [0.4, 0.5) is 0 Å². The fourth-order valence-corrected chi connectivity index (χ4v) is 3.04. The van der Waals surface area contributed by atoms with Gasteiger partial charge in [-0.15, -0.1) is 0 Å². The van der Waals surface area contributed by atoms with Gasteiger partial charge in [-0.1, -0.05) is 60.7 Å². The zero-order valence-corrected chi connectivity index (χ0v) is 14.7. The van der Waals surface area contributed by atoms with Crippen molar-refractivity contribution in [3.63, 3.8) is 0 Å². The number of hydrogen-bond donors (Lipinski definition) is 0. The Kier molecular flexibility index (Phi) is 6.10. The van der Waals surface area contributed by atoms with Crippen LogP contribution in [0.1, 0.15) is 37.3 Å². The van der Waals surface area contributed by atoms with Gasteiger partial charge < -0.3 is 0 Å². The Bertz CT molecular complexity index is 602. The smallest absolute Gasteiger partial charge is 0.229 e. The molecule has 0 saturated heterocycles. The molecule has 0 bridgehead atoms. The molecule has 0 unspecified atom stereocenters. The van der Waals surface area contributed by atoms with E-state index in [4.69, 9.17) is 0 Å². The fraction of sp³-hybridized carbons (Fsp3) is 0.400. The van der Waals surface area contributed by atoms with E-state index in [0.717, 1.165) is 13.0 Å². The highest BCUT2D eigenvalue weighted by Crippen LogP contribution is 2.28. The van der Waals surface area contributed by atoms with E-state index in [0.29, 0.717) is 12.5 Å². The van der Waals surface area contributed by atoms with Gasteiger partial charge in [-0.3, -0.25) is 15.0 Å². The largest absolute Gasteiger partial charge is 0.300 e. The topological polar surface area (TPSA) is 46.4 Å². The number of hydrogen-bond acceptors (Lipinski definition) is 3. The van der Waals surface area contributed by atoms with Crippen molar-refractivity contribution >= 4 is 0 Å². The zero-order valence-electron chi connectivity index (χ0n) is 14.7. The van der Waals surface area contributed by atoms with Crippen molar-refractivity contribution in [3.8, 4) is 0 Å². The molecule has 4 heteroatoms. The second kappa shape index (κ2) is 8.06. The molecule has 4 nitrogen and oxygen atoms in total. The molecule has 128 valence electrons. The molecule has 2 rings (SSSR count). The van der Waals surface area contributed by atoms with E-state index in [9.17, 15) is 10.1 Å². The number of rotatable bonds is 8. The highest BCUT2D eigenvalue weighted by molar-refractivity contribution is 5.32. The highest BCUT2D eigenvalue weighted by atomic mass is 16.6. The maximum atomic E-state index is 11.1. The average Bonchev–Trinajstić information content (AvgIpc) is 2.56. The van der Waals surface area contributed by atoms with Crippen molar-refractivity contribution in [3.05, 3.63) is 81.9 Å². The van der Waals surface area contributed by atoms with Crippen molar-refractivity contribution < 1.29 is 4.92 Å². The lowest BCUT2D eigenvalue weighted by molar-refractivity contribution is -0.560.